The summed E-state index contributed by atoms with van der Waals surface area (Å²) in [5, 5.41) is 4.40. The number of hydrogen-bond acceptors (Lipinski definition) is 3. The Labute approximate surface area is 167 Å². The molecule has 11 heteroatoms. The Kier molecular flexibility index (Phi) is 6.11. The van der Waals surface area contributed by atoms with E-state index in [2.05, 4.69) is 10.6 Å². The molecule has 1 heterocycles. The summed E-state index contributed by atoms with van der Waals surface area (Å²) in [5.74, 6) is 0. The highest BCUT2D eigenvalue weighted by Crippen LogP contribution is 2.38. The van der Waals surface area contributed by atoms with E-state index in [0.717, 1.165) is 24.3 Å². The molecule has 1 aliphatic heterocycles. The lowest BCUT2D eigenvalue weighted by molar-refractivity contribution is -0.138. The lowest BCUT2D eigenvalue weighted by Crippen LogP contribution is -2.37. The summed E-state index contributed by atoms with van der Waals surface area (Å²) in [4.78, 5) is 13.6. The maximum Gasteiger partial charge on any atom is 0.418 e. The summed E-state index contributed by atoms with van der Waals surface area (Å²) in [6.07, 6.45) is -9.26. The molecule has 0 bridgehead atoms. The summed E-state index contributed by atoms with van der Waals surface area (Å²) in [6.45, 7) is 1.20. The lowest BCUT2D eigenvalue weighted by atomic mass is 10.1. The molecular formula is C19H17F6N3O2. The Morgan fingerprint density at radius 1 is 0.867 bits per heavy atom. The van der Waals surface area contributed by atoms with Crippen LogP contribution in [0.15, 0.2) is 42.5 Å². The van der Waals surface area contributed by atoms with E-state index in [9.17, 15) is 31.1 Å². The van der Waals surface area contributed by atoms with Crippen molar-refractivity contribution in [3.8, 4) is 0 Å². The van der Waals surface area contributed by atoms with E-state index in [4.69, 9.17) is 4.74 Å². The monoisotopic (exact) mass is 433 g/mol. The molecule has 0 aliphatic carbocycles. The van der Waals surface area contributed by atoms with Gasteiger partial charge in [0.2, 0.25) is 0 Å². The highest BCUT2D eigenvalue weighted by Gasteiger charge is 2.36. The van der Waals surface area contributed by atoms with Crippen molar-refractivity contribution in [2.24, 2.45) is 0 Å². The largest absolute Gasteiger partial charge is 0.418 e. The molecule has 2 aromatic carbocycles. The smallest absolute Gasteiger partial charge is 0.378 e. The van der Waals surface area contributed by atoms with Gasteiger partial charge in [-0.15, -0.1) is 0 Å². The molecule has 1 saturated heterocycles. The number of amides is 2. The van der Waals surface area contributed by atoms with Gasteiger partial charge in [-0.1, -0.05) is 6.07 Å². The van der Waals surface area contributed by atoms with Crippen LogP contribution in [0.4, 0.5) is 48.2 Å². The molecule has 2 aromatic rings. The minimum atomic E-state index is -4.66. The Morgan fingerprint density at radius 2 is 1.50 bits per heavy atom. The molecule has 0 saturated carbocycles. The average Bonchev–Trinajstić information content (AvgIpc) is 2.67. The second kappa shape index (κ2) is 8.42. The predicted molar refractivity (Wildman–Crippen MR) is 98.6 cm³/mol. The van der Waals surface area contributed by atoms with E-state index in [-0.39, 0.29) is 17.1 Å². The van der Waals surface area contributed by atoms with Gasteiger partial charge in [-0.3, -0.25) is 0 Å². The second-order valence-corrected chi connectivity index (χ2v) is 6.49. The number of alkyl halides is 6. The zero-order valence-corrected chi connectivity index (χ0v) is 15.4. The minimum Gasteiger partial charge on any atom is -0.378 e. The molecular weight excluding hydrogens is 416 g/mol. The van der Waals surface area contributed by atoms with Crippen molar-refractivity contribution in [2.45, 2.75) is 12.4 Å². The lowest BCUT2D eigenvalue weighted by Gasteiger charge is -2.31. The second-order valence-electron chi connectivity index (χ2n) is 6.49. The molecule has 30 heavy (non-hydrogen) atoms. The van der Waals surface area contributed by atoms with Crippen molar-refractivity contribution in [3.63, 3.8) is 0 Å². The summed E-state index contributed by atoms with van der Waals surface area (Å²) in [6, 6.07) is 6.26. The number of nitrogens with zero attached hydrogens (tertiary/aromatic N) is 1. The van der Waals surface area contributed by atoms with Gasteiger partial charge in [-0.25, -0.2) is 4.79 Å². The molecule has 0 radical (unpaired) electrons. The first-order valence-corrected chi connectivity index (χ1v) is 8.83. The molecule has 162 valence electrons. The Balaban J connectivity index is 1.77. The van der Waals surface area contributed by atoms with E-state index >= 15 is 0 Å². The Hall–Kier alpha value is -2.95. The fourth-order valence-electron chi connectivity index (χ4n) is 2.99. The van der Waals surface area contributed by atoms with Crippen LogP contribution in [0.5, 0.6) is 0 Å². The Morgan fingerprint density at radius 3 is 2.10 bits per heavy atom. The first kappa shape index (κ1) is 21.8. The first-order chi connectivity index (χ1) is 14.0. The summed E-state index contributed by atoms with van der Waals surface area (Å²) in [7, 11) is 0. The third-order valence-corrected chi connectivity index (χ3v) is 4.36. The van der Waals surface area contributed by atoms with E-state index in [1.165, 1.54) is 18.2 Å². The van der Waals surface area contributed by atoms with Crippen LogP contribution in [-0.2, 0) is 17.1 Å². The van der Waals surface area contributed by atoms with Crippen molar-refractivity contribution in [3.05, 3.63) is 53.6 Å². The van der Waals surface area contributed by atoms with E-state index in [0.29, 0.717) is 26.3 Å². The molecule has 0 spiro atoms. The normalized spacial score (nSPS) is 15.1. The minimum absolute atomic E-state index is 0.0327. The molecule has 1 aliphatic rings. The van der Waals surface area contributed by atoms with Crippen LogP contribution in [0, 0.1) is 0 Å². The van der Waals surface area contributed by atoms with Crippen LogP contribution in [0.25, 0.3) is 0 Å². The standard InChI is InChI=1S/C19H17F6N3O2/c20-18(21,22)12-2-1-3-13(10-12)26-17(29)27-14-4-5-16(15(11-14)19(23,24)25)28-6-8-30-9-7-28/h1-5,10-11H,6-9H2,(H2,26,27,29). The number of nitrogens with one attached hydrogen (secondary N) is 2. The number of rotatable bonds is 3. The van der Waals surface area contributed by atoms with Crippen molar-refractivity contribution < 1.29 is 35.9 Å². The number of anilines is 3. The number of hydrogen-bond donors (Lipinski definition) is 2. The van der Waals surface area contributed by atoms with Gasteiger partial charge in [0.1, 0.15) is 0 Å². The maximum absolute atomic E-state index is 13.5. The molecule has 5 nitrogen and oxygen atoms in total. The molecule has 0 aromatic heterocycles. The quantitative estimate of drug-likeness (QED) is 0.654. The van der Waals surface area contributed by atoms with Crippen molar-refractivity contribution in [1.82, 2.24) is 0 Å². The molecule has 1 fully saturated rings. The van der Waals surface area contributed by atoms with Crippen LogP contribution < -0.4 is 15.5 Å². The molecule has 3 rings (SSSR count). The molecule has 2 amide bonds. The molecule has 0 atom stereocenters. The first-order valence-electron chi connectivity index (χ1n) is 8.83. The number of halogens is 6. The number of ether oxygens (including phenoxy) is 1. The van der Waals surface area contributed by atoms with Gasteiger partial charge in [0.15, 0.2) is 0 Å². The van der Waals surface area contributed by atoms with Gasteiger partial charge in [0, 0.05) is 30.2 Å². The van der Waals surface area contributed by atoms with E-state index in [1.807, 2.05) is 0 Å². The van der Waals surface area contributed by atoms with Crippen LogP contribution in [0.1, 0.15) is 11.1 Å². The maximum atomic E-state index is 13.5. The van der Waals surface area contributed by atoms with E-state index in [1.54, 1.807) is 4.90 Å². The predicted octanol–water partition coefficient (Wildman–Crippen LogP) is 5.20. The third-order valence-electron chi connectivity index (χ3n) is 4.36. The number of morpholine rings is 1. The van der Waals surface area contributed by atoms with Gasteiger partial charge >= 0.3 is 18.4 Å². The van der Waals surface area contributed by atoms with Crippen molar-refractivity contribution in [1.29, 1.82) is 0 Å². The van der Waals surface area contributed by atoms with Crippen molar-refractivity contribution >= 4 is 23.1 Å². The summed E-state index contributed by atoms with van der Waals surface area (Å²) < 4.78 is 84.0. The highest BCUT2D eigenvalue weighted by molar-refractivity contribution is 6.00. The summed E-state index contributed by atoms with van der Waals surface area (Å²) >= 11 is 0. The average molecular weight is 433 g/mol. The Bertz CT molecular complexity index is 908. The highest BCUT2D eigenvalue weighted by atomic mass is 19.4. The van der Waals surface area contributed by atoms with Gasteiger partial charge < -0.3 is 20.3 Å². The van der Waals surface area contributed by atoms with Crippen LogP contribution in [-0.4, -0.2) is 32.3 Å². The van der Waals surface area contributed by atoms with Crippen molar-refractivity contribution in [2.75, 3.05) is 41.8 Å². The zero-order valence-electron chi connectivity index (χ0n) is 15.4. The van der Waals surface area contributed by atoms with Gasteiger partial charge in [0.05, 0.1) is 24.3 Å². The number of carbonyl (C=O) groups is 1. The summed E-state index contributed by atoms with van der Waals surface area (Å²) in [5.41, 5.74) is -2.22. The third kappa shape index (κ3) is 5.35. The fourth-order valence-corrected chi connectivity index (χ4v) is 2.99. The number of benzene rings is 2. The van der Waals surface area contributed by atoms with Gasteiger partial charge in [0.25, 0.3) is 0 Å². The SMILES string of the molecule is O=C(Nc1cccc(C(F)(F)F)c1)Nc1ccc(N2CCOCC2)c(C(F)(F)F)c1. The van der Waals surface area contributed by atoms with E-state index < -0.39 is 29.5 Å². The van der Waals surface area contributed by atoms with Gasteiger partial charge in [-0.05, 0) is 36.4 Å². The van der Waals surface area contributed by atoms with Gasteiger partial charge in [-0.2, -0.15) is 26.3 Å². The topological polar surface area (TPSA) is 53.6 Å². The molecule has 0 unspecified atom stereocenters. The number of carbonyl (C=O) groups excluding carboxylic acids is 1. The van der Waals surface area contributed by atoms with Crippen LogP contribution in [0.2, 0.25) is 0 Å². The number of urea groups is 1. The molecule has 2 N–H and O–H groups in total. The zero-order chi connectivity index (χ0) is 21.9. The van der Waals surface area contributed by atoms with Crippen LogP contribution >= 0.6 is 0 Å². The van der Waals surface area contributed by atoms with Crippen LogP contribution in [0.3, 0.4) is 0 Å². The fraction of sp³-hybridized carbons (Fsp3) is 0.316.